The Kier molecular flexibility index (Phi) is 4.53. The topological polar surface area (TPSA) is 106 Å². The van der Waals surface area contributed by atoms with Crippen molar-refractivity contribution in [3.05, 3.63) is 65.4 Å². The molecule has 7 nitrogen and oxygen atoms in total. The number of nitrogens with two attached hydrogens (primary N) is 1. The predicted octanol–water partition coefficient (Wildman–Crippen LogP) is 3.11. The van der Waals surface area contributed by atoms with Crippen LogP contribution in [-0.2, 0) is 0 Å². The molecule has 0 radical (unpaired) electrons. The molecular weight excluding hydrogens is 328 g/mol. The number of hydrogen-bond donors (Lipinski definition) is 3. The lowest BCUT2D eigenvalue weighted by Gasteiger charge is -2.08. The third-order valence-electron chi connectivity index (χ3n) is 3.06. The molecular formula is C16H13ClN6O. The number of nitrogens with zero attached hydrogens (tertiary/aromatic N) is 3. The number of amides is 1. The van der Waals surface area contributed by atoms with E-state index in [9.17, 15) is 4.79 Å². The second-order valence-electron chi connectivity index (χ2n) is 4.84. The normalized spacial score (nSPS) is 10.2. The van der Waals surface area contributed by atoms with Gasteiger partial charge in [0.15, 0.2) is 0 Å². The Balaban J connectivity index is 1.78. The molecule has 0 atom stereocenters. The fourth-order valence-electron chi connectivity index (χ4n) is 1.99. The molecule has 0 aliphatic heterocycles. The number of benzene rings is 2. The lowest BCUT2D eigenvalue weighted by atomic mass is 10.2. The molecule has 3 aromatic rings. The molecule has 2 aromatic carbocycles. The lowest BCUT2D eigenvalue weighted by molar-refractivity contribution is 0.100. The van der Waals surface area contributed by atoms with E-state index in [4.69, 9.17) is 17.3 Å². The molecule has 0 unspecified atom stereocenters. The highest BCUT2D eigenvalue weighted by molar-refractivity contribution is 6.30. The summed E-state index contributed by atoms with van der Waals surface area (Å²) >= 11 is 5.95. The number of primary amides is 1. The average molecular weight is 341 g/mol. The summed E-state index contributed by atoms with van der Waals surface area (Å²) in [7, 11) is 0. The van der Waals surface area contributed by atoms with Crippen molar-refractivity contribution in [2.75, 3.05) is 10.6 Å². The van der Waals surface area contributed by atoms with E-state index in [0.29, 0.717) is 28.2 Å². The number of hydrogen-bond acceptors (Lipinski definition) is 6. The van der Waals surface area contributed by atoms with Crippen molar-refractivity contribution >= 4 is 40.8 Å². The second kappa shape index (κ2) is 6.93. The number of anilines is 4. The second-order valence-corrected chi connectivity index (χ2v) is 5.27. The van der Waals surface area contributed by atoms with Crippen LogP contribution in [0.3, 0.4) is 0 Å². The molecule has 24 heavy (non-hydrogen) atoms. The number of carbonyl (C=O) groups is 1. The van der Waals surface area contributed by atoms with Crippen molar-refractivity contribution in [2.24, 2.45) is 5.73 Å². The van der Waals surface area contributed by atoms with Gasteiger partial charge in [0.05, 0.1) is 0 Å². The molecule has 3 rings (SSSR count). The SMILES string of the molecule is NC(=O)c1cccc(Nc2ncnc(Nc3cccc(Cl)c3)n2)c1. The lowest BCUT2D eigenvalue weighted by Crippen LogP contribution is -2.11. The first-order valence-corrected chi connectivity index (χ1v) is 7.36. The van der Waals surface area contributed by atoms with Gasteiger partial charge < -0.3 is 16.4 Å². The highest BCUT2D eigenvalue weighted by Crippen LogP contribution is 2.19. The Morgan fingerprint density at radius 1 is 0.958 bits per heavy atom. The minimum Gasteiger partial charge on any atom is -0.366 e. The van der Waals surface area contributed by atoms with E-state index >= 15 is 0 Å². The quantitative estimate of drug-likeness (QED) is 0.659. The van der Waals surface area contributed by atoms with E-state index in [1.54, 1.807) is 36.4 Å². The fraction of sp³-hybridized carbons (Fsp3) is 0. The van der Waals surface area contributed by atoms with Gasteiger partial charge in [0, 0.05) is 22.0 Å². The summed E-state index contributed by atoms with van der Waals surface area (Å²) in [5.41, 5.74) is 7.07. The van der Waals surface area contributed by atoms with Crippen LogP contribution in [0.1, 0.15) is 10.4 Å². The summed E-state index contributed by atoms with van der Waals surface area (Å²) in [5, 5.41) is 6.65. The minimum absolute atomic E-state index is 0.330. The van der Waals surface area contributed by atoms with E-state index < -0.39 is 5.91 Å². The molecule has 1 amide bonds. The highest BCUT2D eigenvalue weighted by atomic mass is 35.5. The number of aromatic nitrogens is 3. The summed E-state index contributed by atoms with van der Waals surface area (Å²) in [6, 6.07) is 13.9. The zero-order valence-electron chi connectivity index (χ0n) is 12.4. The number of nitrogens with one attached hydrogen (secondary N) is 2. The van der Waals surface area contributed by atoms with Crippen molar-refractivity contribution in [3.8, 4) is 0 Å². The minimum atomic E-state index is -0.502. The van der Waals surface area contributed by atoms with E-state index in [1.807, 2.05) is 12.1 Å². The molecule has 0 saturated heterocycles. The average Bonchev–Trinajstić information content (AvgIpc) is 2.55. The van der Waals surface area contributed by atoms with Crippen molar-refractivity contribution < 1.29 is 4.79 Å². The van der Waals surface area contributed by atoms with Gasteiger partial charge in [-0.25, -0.2) is 9.97 Å². The van der Waals surface area contributed by atoms with Crippen molar-refractivity contribution in [3.63, 3.8) is 0 Å². The van der Waals surface area contributed by atoms with Gasteiger partial charge in [0.2, 0.25) is 17.8 Å². The fourth-order valence-corrected chi connectivity index (χ4v) is 2.18. The standard InChI is InChI=1S/C16H13ClN6O/c17-11-4-2-6-13(8-11)22-16-20-9-19-15(23-16)21-12-5-1-3-10(7-12)14(18)24/h1-9H,(H2,18,24)(H2,19,20,21,22,23). The summed E-state index contributed by atoms with van der Waals surface area (Å²) in [4.78, 5) is 23.6. The van der Waals surface area contributed by atoms with E-state index in [-0.39, 0.29) is 0 Å². The van der Waals surface area contributed by atoms with Crippen LogP contribution in [0.15, 0.2) is 54.9 Å². The highest BCUT2D eigenvalue weighted by Gasteiger charge is 2.05. The maximum Gasteiger partial charge on any atom is 0.248 e. The van der Waals surface area contributed by atoms with Crippen LogP contribution in [0.5, 0.6) is 0 Å². The predicted molar refractivity (Wildman–Crippen MR) is 92.8 cm³/mol. The number of halogens is 1. The largest absolute Gasteiger partial charge is 0.366 e. The van der Waals surface area contributed by atoms with E-state index in [2.05, 4.69) is 25.6 Å². The summed E-state index contributed by atoms with van der Waals surface area (Å²) in [5.74, 6) is 0.189. The van der Waals surface area contributed by atoms with Gasteiger partial charge in [-0.15, -0.1) is 0 Å². The maximum atomic E-state index is 11.2. The monoisotopic (exact) mass is 340 g/mol. The molecule has 0 spiro atoms. The summed E-state index contributed by atoms with van der Waals surface area (Å²) in [6.45, 7) is 0. The first-order valence-electron chi connectivity index (χ1n) is 6.99. The third kappa shape index (κ3) is 3.96. The van der Waals surface area contributed by atoms with E-state index in [1.165, 1.54) is 6.33 Å². The third-order valence-corrected chi connectivity index (χ3v) is 3.29. The molecule has 0 fully saturated rings. The molecule has 0 bridgehead atoms. The Morgan fingerprint density at radius 2 is 1.58 bits per heavy atom. The van der Waals surface area contributed by atoms with Gasteiger partial charge in [-0.3, -0.25) is 4.79 Å². The Morgan fingerprint density at radius 3 is 2.21 bits per heavy atom. The summed E-state index contributed by atoms with van der Waals surface area (Å²) < 4.78 is 0. The van der Waals surface area contributed by atoms with Gasteiger partial charge in [-0.05, 0) is 36.4 Å². The smallest absolute Gasteiger partial charge is 0.248 e. The van der Waals surface area contributed by atoms with Crippen LogP contribution >= 0.6 is 11.6 Å². The van der Waals surface area contributed by atoms with Crippen LogP contribution in [0.4, 0.5) is 23.3 Å². The van der Waals surface area contributed by atoms with Crippen LogP contribution in [-0.4, -0.2) is 20.9 Å². The molecule has 1 aromatic heterocycles. The molecule has 120 valence electrons. The van der Waals surface area contributed by atoms with Crippen molar-refractivity contribution in [1.82, 2.24) is 15.0 Å². The molecule has 4 N–H and O–H groups in total. The van der Waals surface area contributed by atoms with Gasteiger partial charge in [-0.2, -0.15) is 4.98 Å². The first-order chi connectivity index (χ1) is 11.6. The molecule has 0 aliphatic rings. The van der Waals surface area contributed by atoms with Crippen molar-refractivity contribution in [1.29, 1.82) is 0 Å². The molecule has 8 heteroatoms. The van der Waals surface area contributed by atoms with Crippen molar-refractivity contribution in [2.45, 2.75) is 0 Å². The number of carbonyl (C=O) groups excluding carboxylic acids is 1. The van der Waals surface area contributed by atoms with Crippen LogP contribution in [0.2, 0.25) is 5.02 Å². The van der Waals surface area contributed by atoms with Crippen LogP contribution < -0.4 is 16.4 Å². The summed E-state index contributed by atoms with van der Waals surface area (Å²) in [6.07, 6.45) is 1.38. The maximum absolute atomic E-state index is 11.2. The molecule has 0 aliphatic carbocycles. The Labute approximate surface area is 142 Å². The van der Waals surface area contributed by atoms with Gasteiger partial charge in [0.25, 0.3) is 0 Å². The Bertz CT molecular complexity index is 886. The van der Waals surface area contributed by atoms with E-state index in [0.717, 1.165) is 5.69 Å². The van der Waals surface area contributed by atoms with Crippen LogP contribution in [0, 0.1) is 0 Å². The zero-order chi connectivity index (χ0) is 16.9. The van der Waals surface area contributed by atoms with Gasteiger partial charge >= 0.3 is 0 Å². The number of rotatable bonds is 5. The Hall–Kier alpha value is -3.19. The zero-order valence-corrected chi connectivity index (χ0v) is 13.2. The first kappa shape index (κ1) is 15.7. The van der Waals surface area contributed by atoms with Gasteiger partial charge in [-0.1, -0.05) is 23.7 Å². The molecule has 1 heterocycles. The van der Waals surface area contributed by atoms with Gasteiger partial charge in [0.1, 0.15) is 6.33 Å². The molecule has 0 saturated carbocycles. The van der Waals surface area contributed by atoms with Crippen LogP contribution in [0.25, 0.3) is 0 Å².